The van der Waals surface area contributed by atoms with Gasteiger partial charge in [-0.05, 0) is 36.2 Å². The molecule has 3 atom stereocenters. The number of carbonyl (C=O) groups is 3. The van der Waals surface area contributed by atoms with Crippen LogP contribution in [0.3, 0.4) is 0 Å². The van der Waals surface area contributed by atoms with Gasteiger partial charge >= 0.3 is 11.9 Å². The van der Waals surface area contributed by atoms with E-state index in [-0.39, 0.29) is 18.0 Å². The van der Waals surface area contributed by atoms with Crippen LogP contribution in [-0.4, -0.2) is 46.8 Å². The van der Waals surface area contributed by atoms with E-state index in [0.717, 1.165) is 15.8 Å². The van der Waals surface area contributed by atoms with E-state index in [9.17, 15) is 24.5 Å². The average molecular weight is 643 g/mol. The fourth-order valence-electron chi connectivity index (χ4n) is 4.81. The zero-order valence-electron chi connectivity index (χ0n) is 20.9. The van der Waals surface area contributed by atoms with Gasteiger partial charge in [-0.2, -0.15) is 0 Å². The van der Waals surface area contributed by atoms with Crippen molar-refractivity contribution >= 4 is 77.7 Å². The van der Waals surface area contributed by atoms with Crippen molar-refractivity contribution in [3.63, 3.8) is 0 Å². The number of halogens is 1. The summed E-state index contributed by atoms with van der Waals surface area (Å²) in [5.41, 5.74) is 3.00. The Kier molecular flexibility index (Phi) is 6.43. The Morgan fingerprint density at radius 1 is 1.25 bits per heavy atom. The van der Waals surface area contributed by atoms with E-state index in [1.165, 1.54) is 64.6 Å². The first-order valence-electron chi connectivity index (χ1n) is 11.9. The van der Waals surface area contributed by atoms with Crippen LogP contribution < -0.4 is 0 Å². The summed E-state index contributed by atoms with van der Waals surface area (Å²) >= 11 is 6.29. The number of β-lactam (4-membered cyclic amide) rings is 1. The molecule has 2 aliphatic rings. The summed E-state index contributed by atoms with van der Waals surface area (Å²) in [7, 11) is 0. The molecule has 2 aromatic heterocycles. The van der Waals surface area contributed by atoms with E-state index in [1.54, 1.807) is 6.20 Å². The molecule has 0 radical (unpaired) electrons. The third-order valence-electron chi connectivity index (χ3n) is 6.70. The van der Waals surface area contributed by atoms with Gasteiger partial charge in [0.2, 0.25) is 0 Å². The zero-order chi connectivity index (χ0) is 28.3. The Morgan fingerprint density at radius 2 is 2.00 bits per heavy atom. The third-order valence-corrected chi connectivity index (χ3v) is 10.4. The second kappa shape index (κ2) is 9.71. The van der Waals surface area contributed by atoms with Gasteiger partial charge in [0.15, 0.2) is 15.4 Å². The first kappa shape index (κ1) is 26.5. The molecule has 11 nitrogen and oxygen atoms in total. The zero-order valence-corrected chi connectivity index (χ0v) is 24.1. The number of benzene rings is 2. The number of thiazole rings is 1. The lowest BCUT2D eigenvalue weighted by atomic mass is 9.89. The second-order valence-corrected chi connectivity index (χ2v) is 12.5. The van der Waals surface area contributed by atoms with Crippen LogP contribution in [0.1, 0.15) is 29.8 Å². The molecule has 4 heterocycles. The summed E-state index contributed by atoms with van der Waals surface area (Å²) in [5.74, 6) is -1.76. The molecule has 0 saturated carbocycles. The van der Waals surface area contributed by atoms with Gasteiger partial charge in [-0.15, -0.1) is 11.8 Å². The Hall–Kier alpha value is -3.75. The predicted octanol–water partition coefficient (Wildman–Crippen LogP) is 5.00. The SMILES string of the molecule is CC(=O)OC(c1cn2c(n1)sc1cccc(C)c12)C1(Br)C(=O)N2C(C(=O)OCc3ccc([N+](=O)[O-])cc3)=CSC21. The number of ether oxygens (including phenoxy) is 2. The molecule has 1 fully saturated rings. The largest absolute Gasteiger partial charge is 0.456 e. The van der Waals surface area contributed by atoms with E-state index in [1.807, 2.05) is 29.5 Å². The number of nitrogens with zero attached hydrogens (tertiary/aromatic N) is 4. The van der Waals surface area contributed by atoms with Crippen LogP contribution in [-0.2, 0) is 30.5 Å². The highest BCUT2D eigenvalue weighted by Crippen LogP contribution is 2.58. The third kappa shape index (κ3) is 4.09. The molecule has 0 aliphatic carbocycles. The summed E-state index contributed by atoms with van der Waals surface area (Å²) in [4.78, 5) is 55.7. The number of para-hydroxylation sites is 1. The van der Waals surface area contributed by atoms with Gasteiger partial charge in [-0.1, -0.05) is 39.4 Å². The average Bonchev–Trinajstić information content (AvgIpc) is 3.62. The highest BCUT2D eigenvalue weighted by atomic mass is 79.9. The van der Waals surface area contributed by atoms with Crippen molar-refractivity contribution in [2.24, 2.45) is 0 Å². The number of non-ortho nitro benzene ring substituents is 1. The molecule has 0 bridgehead atoms. The molecular formula is C26H19BrN4O7S2. The number of rotatable bonds is 7. The van der Waals surface area contributed by atoms with E-state index < -0.39 is 38.6 Å². The minimum atomic E-state index is -1.37. The maximum absolute atomic E-state index is 13.6. The van der Waals surface area contributed by atoms with Gasteiger partial charge < -0.3 is 9.47 Å². The van der Waals surface area contributed by atoms with E-state index in [2.05, 4.69) is 15.9 Å². The fraction of sp³-hybridized carbons (Fsp3) is 0.231. The topological polar surface area (TPSA) is 133 Å². The number of thioether (sulfide) groups is 1. The molecule has 14 heteroatoms. The van der Waals surface area contributed by atoms with Gasteiger partial charge in [0.05, 0.1) is 15.1 Å². The maximum atomic E-state index is 13.6. The molecule has 40 heavy (non-hydrogen) atoms. The van der Waals surface area contributed by atoms with Crippen LogP contribution in [0.5, 0.6) is 0 Å². The molecule has 6 rings (SSSR count). The quantitative estimate of drug-likeness (QED) is 0.0897. The van der Waals surface area contributed by atoms with Crippen molar-refractivity contribution in [1.82, 2.24) is 14.3 Å². The van der Waals surface area contributed by atoms with Crippen LogP contribution in [0.4, 0.5) is 5.69 Å². The summed E-state index contributed by atoms with van der Waals surface area (Å²) in [6, 6.07) is 11.6. The van der Waals surface area contributed by atoms with E-state index in [4.69, 9.17) is 14.5 Å². The van der Waals surface area contributed by atoms with Crippen molar-refractivity contribution in [2.45, 2.75) is 36.3 Å². The molecule has 4 aromatic rings. The number of fused-ring (bicyclic) bond motifs is 4. The number of nitro groups is 1. The van der Waals surface area contributed by atoms with Crippen LogP contribution in [0, 0.1) is 17.0 Å². The van der Waals surface area contributed by atoms with Crippen molar-refractivity contribution in [1.29, 1.82) is 0 Å². The van der Waals surface area contributed by atoms with Gasteiger partial charge in [-0.25, -0.2) is 9.78 Å². The summed E-state index contributed by atoms with van der Waals surface area (Å²) in [6.45, 7) is 3.14. The van der Waals surface area contributed by atoms with Crippen molar-refractivity contribution in [3.05, 3.63) is 86.7 Å². The van der Waals surface area contributed by atoms with Gasteiger partial charge in [-0.3, -0.25) is 29.0 Å². The summed E-state index contributed by atoms with van der Waals surface area (Å²) in [5, 5.41) is 11.8. The number of hydrogen-bond acceptors (Lipinski definition) is 10. The van der Waals surface area contributed by atoms with Crippen LogP contribution in [0.25, 0.3) is 15.2 Å². The lowest BCUT2D eigenvalue weighted by molar-refractivity contribution is -0.384. The molecule has 0 spiro atoms. The Balaban J connectivity index is 1.23. The molecule has 3 unspecified atom stereocenters. The van der Waals surface area contributed by atoms with Crippen LogP contribution in [0.15, 0.2) is 59.8 Å². The highest BCUT2D eigenvalue weighted by Gasteiger charge is 2.69. The van der Waals surface area contributed by atoms with Crippen molar-refractivity contribution < 1.29 is 28.8 Å². The second-order valence-electron chi connectivity index (χ2n) is 9.27. The van der Waals surface area contributed by atoms with E-state index in [0.29, 0.717) is 16.2 Å². The number of imidazole rings is 1. The molecule has 1 amide bonds. The number of carbonyl (C=O) groups excluding carboxylic acids is 3. The number of alkyl halides is 1. The number of aromatic nitrogens is 2. The molecule has 2 aromatic carbocycles. The standard InChI is InChI=1S/C26H19BrN4O7S2/c1-13-4-3-5-19-20(13)29-10-17(28-25(29)40-19)21(38-14(2)32)26(27)23(34)30-18(12-39-24(26)30)22(33)37-11-15-6-8-16(9-7-15)31(35)36/h3-10,12,21,24H,11H2,1-2H3. The molecule has 1 saturated heterocycles. The number of amides is 1. The molecule has 2 aliphatic heterocycles. The first-order chi connectivity index (χ1) is 19.1. The summed E-state index contributed by atoms with van der Waals surface area (Å²) < 4.78 is 12.7. The van der Waals surface area contributed by atoms with Crippen molar-refractivity contribution in [2.75, 3.05) is 0 Å². The smallest absolute Gasteiger partial charge is 0.355 e. The lowest BCUT2D eigenvalue weighted by Crippen LogP contribution is -2.70. The van der Waals surface area contributed by atoms with Crippen LogP contribution >= 0.6 is 39.0 Å². The van der Waals surface area contributed by atoms with Gasteiger partial charge in [0, 0.05) is 30.7 Å². The monoisotopic (exact) mass is 642 g/mol. The Labute approximate surface area is 243 Å². The first-order valence-corrected chi connectivity index (χ1v) is 14.5. The highest BCUT2D eigenvalue weighted by molar-refractivity contribution is 9.10. The van der Waals surface area contributed by atoms with Gasteiger partial charge in [0.25, 0.3) is 11.6 Å². The lowest BCUT2D eigenvalue weighted by Gasteiger charge is -2.51. The Bertz CT molecular complexity index is 1770. The minimum absolute atomic E-state index is 0.0611. The minimum Gasteiger partial charge on any atom is -0.456 e. The number of aryl methyl sites for hydroxylation is 1. The molecular weight excluding hydrogens is 624 g/mol. The maximum Gasteiger partial charge on any atom is 0.355 e. The Morgan fingerprint density at radius 3 is 2.70 bits per heavy atom. The number of nitro benzene ring substituents is 1. The number of esters is 2. The van der Waals surface area contributed by atoms with Gasteiger partial charge in [0.1, 0.15) is 23.4 Å². The normalized spacial score (nSPS) is 20.7. The summed E-state index contributed by atoms with van der Waals surface area (Å²) in [6.07, 6.45) is 0.724. The fourth-order valence-corrected chi connectivity index (χ4v) is 8.17. The van der Waals surface area contributed by atoms with Crippen LogP contribution in [0.2, 0.25) is 0 Å². The molecule has 0 N–H and O–H groups in total. The number of hydrogen-bond donors (Lipinski definition) is 0. The van der Waals surface area contributed by atoms with Crippen molar-refractivity contribution in [3.8, 4) is 0 Å². The van der Waals surface area contributed by atoms with E-state index >= 15 is 0 Å². The predicted molar refractivity (Wildman–Crippen MR) is 151 cm³/mol. The molecule has 204 valence electrons.